The molecule has 0 unspecified atom stereocenters. The number of carbonyl (C=O) groups is 2. The molecule has 21 heavy (non-hydrogen) atoms. The van der Waals surface area contributed by atoms with Crippen LogP contribution in [0.25, 0.3) is 0 Å². The summed E-state index contributed by atoms with van der Waals surface area (Å²) in [7, 11) is 0. The normalized spacial score (nSPS) is 22.7. The third kappa shape index (κ3) is 2.90. The number of rotatable bonds is 2. The van der Waals surface area contributed by atoms with Crippen LogP contribution in [0, 0.1) is 11.7 Å². The number of para-hydroxylation sites is 1. The Morgan fingerprint density at radius 1 is 1.24 bits per heavy atom. The van der Waals surface area contributed by atoms with E-state index in [2.05, 4.69) is 0 Å². The van der Waals surface area contributed by atoms with Gasteiger partial charge in [-0.1, -0.05) is 12.1 Å². The topological polar surface area (TPSA) is 40.6 Å². The first-order valence-corrected chi connectivity index (χ1v) is 8.23. The minimum Gasteiger partial charge on any atom is -0.341 e. The van der Waals surface area contributed by atoms with Crippen LogP contribution in [0.15, 0.2) is 24.3 Å². The second-order valence-electron chi connectivity index (χ2n) is 5.29. The van der Waals surface area contributed by atoms with Crippen molar-refractivity contribution in [3.05, 3.63) is 30.1 Å². The van der Waals surface area contributed by atoms with Gasteiger partial charge in [-0.25, -0.2) is 4.39 Å². The molecule has 1 aromatic carbocycles. The summed E-state index contributed by atoms with van der Waals surface area (Å²) >= 11 is 1.84. The van der Waals surface area contributed by atoms with Gasteiger partial charge in [-0.05, 0) is 12.1 Å². The number of benzene rings is 1. The molecule has 0 aromatic heterocycles. The predicted octanol–water partition coefficient (Wildman–Crippen LogP) is 1.75. The quantitative estimate of drug-likeness (QED) is 0.836. The Kier molecular flexibility index (Phi) is 4.14. The van der Waals surface area contributed by atoms with Gasteiger partial charge < -0.3 is 9.80 Å². The number of anilines is 1. The molecule has 2 amide bonds. The first-order valence-electron chi connectivity index (χ1n) is 7.08. The molecular formula is C15H17FN2O2S. The maximum Gasteiger partial charge on any atom is 0.228 e. The van der Waals surface area contributed by atoms with Gasteiger partial charge in [0.1, 0.15) is 5.82 Å². The zero-order chi connectivity index (χ0) is 14.8. The van der Waals surface area contributed by atoms with E-state index >= 15 is 0 Å². The second-order valence-corrected chi connectivity index (χ2v) is 6.52. The predicted molar refractivity (Wildman–Crippen MR) is 80.8 cm³/mol. The maximum absolute atomic E-state index is 13.8. The van der Waals surface area contributed by atoms with E-state index in [-0.39, 0.29) is 36.4 Å². The summed E-state index contributed by atoms with van der Waals surface area (Å²) in [5, 5.41) is 0. The van der Waals surface area contributed by atoms with Gasteiger partial charge in [-0.15, -0.1) is 0 Å². The van der Waals surface area contributed by atoms with Gasteiger partial charge in [0.05, 0.1) is 11.6 Å². The Hall–Kier alpha value is -1.56. The van der Waals surface area contributed by atoms with Gasteiger partial charge in [0.15, 0.2) is 0 Å². The van der Waals surface area contributed by atoms with E-state index in [1.165, 1.54) is 11.0 Å². The molecule has 4 nitrogen and oxygen atoms in total. The number of halogens is 1. The Morgan fingerprint density at radius 2 is 1.95 bits per heavy atom. The van der Waals surface area contributed by atoms with Crippen LogP contribution in [-0.4, -0.2) is 47.9 Å². The van der Waals surface area contributed by atoms with Crippen molar-refractivity contribution >= 4 is 29.3 Å². The van der Waals surface area contributed by atoms with Crippen molar-refractivity contribution in [1.82, 2.24) is 4.90 Å². The molecule has 0 N–H and O–H groups in total. The zero-order valence-electron chi connectivity index (χ0n) is 11.6. The fourth-order valence-corrected chi connectivity index (χ4v) is 3.72. The van der Waals surface area contributed by atoms with E-state index in [0.717, 1.165) is 24.6 Å². The first kappa shape index (κ1) is 14.4. The van der Waals surface area contributed by atoms with Crippen LogP contribution in [0.2, 0.25) is 0 Å². The summed E-state index contributed by atoms with van der Waals surface area (Å²) in [5.74, 6) is 0.980. The fraction of sp³-hybridized carbons (Fsp3) is 0.467. The Morgan fingerprint density at radius 3 is 2.67 bits per heavy atom. The number of carbonyl (C=O) groups excluding carboxylic acids is 2. The third-order valence-corrected chi connectivity index (χ3v) is 4.88. The van der Waals surface area contributed by atoms with E-state index in [1.54, 1.807) is 18.2 Å². The summed E-state index contributed by atoms with van der Waals surface area (Å²) in [6, 6.07) is 6.20. The molecule has 2 aliphatic heterocycles. The van der Waals surface area contributed by atoms with Crippen LogP contribution >= 0.6 is 11.8 Å². The van der Waals surface area contributed by atoms with Crippen molar-refractivity contribution in [3.63, 3.8) is 0 Å². The van der Waals surface area contributed by atoms with Crippen molar-refractivity contribution in [2.45, 2.75) is 6.42 Å². The van der Waals surface area contributed by atoms with Crippen molar-refractivity contribution < 1.29 is 14.0 Å². The van der Waals surface area contributed by atoms with Crippen LogP contribution in [-0.2, 0) is 9.59 Å². The van der Waals surface area contributed by atoms with Crippen LogP contribution in [0.3, 0.4) is 0 Å². The molecule has 0 spiro atoms. The van der Waals surface area contributed by atoms with Gasteiger partial charge in [-0.3, -0.25) is 9.59 Å². The summed E-state index contributed by atoms with van der Waals surface area (Å²) < 4.78 is 13.8. The zero-order valence-corrected chi connectivity index (χ0v) is 12.4. The number of hydrogen-bond donors (Lipinski definition) is 0. The van der Waals surface area contributed by atoms with E-state index in [4.69, 9.17) is 0 Å². The van der Waals surface area contributed by atoms with Crippen LogP contribution in [0.4, 0.5) is 10.1 Å². The smallest absolute Gasteiger partial charge is 0.228 e. The lowest BCUT2D eigenvalue weighted by atomic mass is 10.1. The lowest BCUT2D eigenvalue weighted by molar-refractivity contribution is -0.135. The van der Waals surface area contributed by atoms with Crippen molar-refractivity contribution in [1.29, 1.82) is 0 Å². The van der Waals surface area contributed by atoms with E-state index in [0.29, 0.717) is 0 Å². The molecule has 0 saturated carbocycles. The summed E-state index contributed by atoms with van der Waals surface area (Å²) in [4.78, 5) is 27.8. The molecule has 0 aliphatic carbocycles. The maximum atomic E-state index is 13.8. The Balaban J connectivity index is 1.72. The molecule has 0 bridgehead atoms. The molecule has 2 saturated heterocycles. The largest absolute Gasteiger partial charge is 0.341 e. The summed E-state index contributed by atoms with van der Waals surface area (Å²) in [6.45, 7) is 1.77. The van der Waals surface area contributed by atoms with Crippen molar-refractivity contribution in [3.8, 4) is 0 Å². The highest BCUT2D eigenvalue weighted by Crippen LogP contribution is 2.28. The van der Waals surface area contributed by atoms with Gasteiger partial charge >= 0.3 is 0 Å². The summed E-state index contributed by atoms with van der Waals surface area (Å²) in [6.07, 6.45) is 0.177. The molecule has 2 heterocycles. The standard InChI is InChI=1S/C15H17FN2O2S/c16-12-3-1-2-4-13(12)18-10-11(9-14(18)19)15(20)17-5-7-21-8-6-17/h1-4,11H,5-10H2/t11-/m0/s1. The minimum absolute atomic E-state index is 0.0301. The first-order chi connectivity index (χ1) is 10.2. The van der Waals surface area contributed by atoms with E-state index < -0.39 is 5.82 Å². The average molecular weight is 308 g/mol. The van der Waals surface area contributed by atoms with Gasteiger partial charge in [-0.2, -0.15) is 11.8 Å². The van der Waals surface area contributed by atoms with Crippen molar-refractivity contribution in [2.75, 3.05) is 36.0 Å². The lowest BCUT2D eigenvalue weighted by Gasteiger charge is -2.28. The monoisotopic (exact) mass is 308 g/mol. The van der Waals surface area contributed by atoms with Gasteiger partial charge in [0.2, 0.25) is 11.8 Å². The molecule has 2 fully saturated rings. The molecule has 0 radical (unpaired) electrons. The molecule has 112 valence electrons. The Labute approximate surface area is 127 Å². The minimum atomic E-state index is -0.423. The van der Waals surface area contributed by atoms with Crippen LogP contribution in [0.1, 0.15) is 6.42 Å². The highest BCUT2D eigenvalue weighted by Gasteiger charge is 2.38. The molecule has 1 aromatic rings. The highest BCUT2D eigenvalue weighted by molar-refractivity contribution is 7.99. The summed E-state index contributed by atoms with van der Waals surface area (Å²) in [5.41, 5.74) is 0.270. The molecule has 1 atom stereocenters. The SMILES string of the molecule is O=C([C@H]1CC(=O)N(c2ccccc2F)C1)N1CCSCC1. The second kappa shape index (κ2) is 6.05. The molecular weight excluding hydrogens is 291 g/mol. The van der Waals surface area contributed by atoms with E-state index in [1.807, 2.05) is 16.7 Å². The van der Waals surface area contributed by atoms with Crippen molar-refractivity contribution in [2.24, 2.45) is 5.92 Å². The Bertz CT molecular complexity index is 560. The van der Waals surface area contributed by atoms with Crippen LogP contribution < -0.4 is 4.90 Å². The van der Waals surface area contributed by atoms with E-state index in [9.17, 15) is 14.0 Å². The number of thioether (sulfide) groups is 1. The molecule has 2 aliphatic rings. The molecule has 6 heteroatoms. The number of amides is 2. The highest BCUT2D eigenvalue weighted by atomic mass is 32.2. The number of nitrogens with zero attached hydrogens (tertiary/aromatic N) is 2. The average Bonchev–Trinajstić information content (AvgIpc) is 2.90. The molecule has 3 rings (SSSR count). The fourth-order valence-electron chi connectivity index (χ4n) is 2.82. The van der Waals surface area contributed by atoms with Gasteiger partial charge in [0, 0.05) is 37.6 Å². The number of hydrogen-bond acceptors (Lipinski definition) is 3. The van der Waals surface area contributed by atoms with Crippen LogP contribution in [0.5, 0.6) is 0 Å². The van der Waals surface area contributed by atoms with Gasteiger partial charge in [0.25, 0.3) is 0 Å². The lowest BCUT2D eigenvalue weighted by Crippen LogP contribution is -2.42. The third-order valence-electron chi connectivity index (χ3n) is 3.94.